The second-order valence-electron chi connectivity index (χ2n) is 4.23. The van der Waals surface area contributed by atoms with Gasteiger partial charge in [-0.1, -0.05) is 23.4 Å². The van der Waals surface area contributed by atoms with Crippen LogP contribution in [0.2, 0.25) is 5.15 Å². The Morgan fingerprint density at radius 2 is 2.09 bits per heavy atom. The predicted octanol–water partition coefficient (Wildman–Crippen LogP) is 4.96. The highest BCUT2D eigenvalue weighted by molar-refractivity contribution is 8.01. The van der Waals surface area contributed by atoms with Crippen LogP contribution in [0.4, 0.5) is 4.39 Å². The molecule has 0 radical (unpaired) electrons. The van der Waals surface area contributed by atoms with Gasteiger partial charge in [0, 0.05) is 28.4 Å². The number of rotatable bonds is 4. The molecule has 0 bridgehead atoms. The van der Waals surface area contributed by atoms with Crippen molar-refractivity contribution in [2.24, 2.45) is 0 Å². The lowest BCUT2D eigenvalue weighted by Gasteiger charge is -2.04. The van der Waals surface area contributed by atoms with Crippen molar-refractivity contribution in [2.75, 3.05) is 0 Å². The summed E-state index contributed by atoms with van der Waals surface area (Å²) in [5.74, 6) is -0.561. The first-order valence-electron chi connectivity index (χ1n) is 6.16. The van der Waals surface area contributed by atoms with Gasteiger partial charge < -0.3 is 0 Å². The highest BCUT2D eigenvalue weighted by Crippen LogP contribution is 2.42. The van der Waals surface area contributed by atoms with Crippen molar-refractivity contribution in [1.29, 1.82) is 0 Å². The maximum atomic E-state index is 13.9. The first kappa shape index (κ1) is 15.1. The molecule has 0 aliphatic rings. The van der Waals surface area contributed by atoms with E-state index in [1.165, 1.54) is 29.3 Å². The Morgan fingerprint density at radius 3 is 2.77 bits per heavy atom. The van der Waals surface area contributed by atoms with Crippen LogP contribution in [0.25, 0.3) is 11.1 Å². The van der Waals surface area contributed by atoms with Gasteiger partial charge in [0.2, 0.25) is 5.95 Å². The summed E-state index contributed by atoms with van der Waals surface area (Å²) in [7, 11) is 0. The standard InChI is InChI=1S/C15H8ClFN2OS2/c16-13-4-3-9(7-19-13)21-15-12(6-10(8-20)22-15)11-2-1-5-18-14(11)17/h1-8H. The van der Waals surface area contributed by atoms with Crippen LogP contribution in [-0.2, 0) is 0 Å². The molecular weight excluding hydrogens is 343 g/mol. The van der Waals surface area contributed by atoms with Crippen LogP contribution in [0.3, 0.4) is 0 Å². The fourth-order valence-corrected chi connectivity index (χ4v) is 4.14. The van der Waals surface area contributed by atoms with Crippen molar-refractivity contribution in [2.45, 2.75) is 9.10 Å². The number of halogens is 2. The van der Waals surface area contributed by atoms with Crippen LogP contribution in [0.1, 0.15) is 9.67 Å². The minimum atomic E-state index is -0.561. The molecule has 0 aliphatic heterocycles. The van der Waals surface area contributed by atoms with Gasteiger partial charge in [0.1, 0.15) is 5.15 Å². The fourth-order valence-electron chi connectivity index (χ4n) is 1.83. The molecule has 0 aromatic carbocycles. The van der Waals surface area contributed by atoms with Gasteiger partial charge in [-0.2, -0.15) is 4.39 Å². The van der Waals surface area contributed by atoms with Gasteiger partial charge in [-0.05, 0) is 30.3 Å². The molecule has 3 nitrogen and oxygen atoms in total. The number of hydrogen-bond acceptors (Lipinski definition) is 5. The van der Waals surface area contributed by atoms with Crippen molar-refractivity contribution in [3.05, 3.63) is 58.7 Å². The molecule has 7 heteroatoms. The van der Waals surface area contributed by atoms with Gasteiger partial charge >= 0.3 is 0 Å². The monoisotopic (exact) mass is 350 g/mol. The Balaban J connectivity index is 2.04. The van der Waals surface area contributed by atoms with Crippen molar-refractivity contribution < 1.29 is 9.18 Å². The van der Waals surface area contributed by atoms with Crippen molar-refractivity contribution in [3.63, 3.8) is 0 Å². The Bertz CT molecular complexity index is 821. The zero-order chi connectivity index (χ0) is 15.5. The molecule has 0 saturated carbocycles. The minimum Gasteiger partial charge on any atom is -0.297 e. The van der Waals surface area contributed by atoms with Crippen molar-refractivity contribution >= 4 is 41.0 Å². The Hall–Kier alpha value is -1.76. The smallest absolute Gasteiger partial charge is 0.220 e. The number of aromatic nitrogens is 2. The van der Waals surface area contributed by atoms with E-state index in [9.17, 15) is 9.18 Å². The third-order valence-electron chi connectivity index (χ3n) is 2.79. The van der Waals surface area contributed by atoms with E-state index in [0.717, 1.165) is 15.4 Å². The zero-order valence-electron chi connectivity index (χ0n) is 11.0. The lowest BCUT2D eigenvalue weighted by Crippen LogP contribution is -1.87. The van der Waals surface area contributed by atoms with Crippen LogP contribution in [0, 0.1) is 5.95 Å². The number of thiophene rings is 1. The molecule has 0 amide bonds. The van der Waals surface area contributed by atoms with E-state index in [1.807, 2.05) is 6.07 Å². The molecule has 0 spiro atoms. The normalized spacial score (nSPS) is 10.6. The second kappa shape index (κ2) is 6.56. The number of carbonyl (C=O) groups excluding carboxylic acids is 1. The molecule has 3 aromatic heterocycles. The van der Waals surface area contributed by atoms with E-state index in [0.29, 0.717) is 21.2 Å². The molecule has 0 fully saturated rings. The topological polar surface area (TPSA) is 42.9 Å². The lowest BCUT2D eigenvalue weighted by molar-refractivity contribution is 0.112. The number of pyridine rings is 2. The molecule has 3 aromatic rings. The summed E-state index contributed by atoms with van der Waals surface area (Å²) in [6, 6.07) is 8.48. The van der Waals surface area contributed by atoms with E-state index >= 15 is 0 Å². The molecule has 0 N–H and O–H groups in total. The summed E-state index contributed by atoms with van der Waals surface area (Å²) in [6.07, 6.45) is 3.78. The van der Waals surface area contributed by atoms with E-state index in [1.54, 1.807) is 30.5 Å². The summed E-state index contributed by atoms with van der Waals surface area (Å²) in [5.41, 5.74) is 1.02. The lowest BCUT2D eigenvalue weighted by atomic mass is 10.1. The largest absolute Gasteiger partial charge is 0.297 e. The number of aldehydes is 1. The maximum Gasteiger partial charge on any atom is 0.220 e. The first-order chi connectivity index (χ1) is 10.7. The average Bonchev–Trinajstić information content (AvgIpc) is 2.93. The van der Waals surface area contributed by atoms with E-state index in [4.69, 9.17) is 11.6 Å². The van der Waals surface area contributed by atoms with Crippen molar-refractivity contribution in [1.82, 2.24) is 9.97 Å². The van der Waals surface area contributed by atoms with Gasteiger partial charge in [-0.25, -0.2) is 9.97 Å². The van der Waals surface area contributed by atoms with E-state index < -0.39 is 5.95 Å². The summed E-state index contributed by atoms with van der Waals surface area (Å²) in [4.78, 5) is 20.1. The summed E-state index contributed by atoms with van der Waals surface area (Å²) >= 11 is 8.48. The summed E-state index contributed by atoms with van der Waals surface area (Å²) < 4.78 is 14.7. The molecule has 0 atom stereocenters. The highest BCUT2D eigenvalue weighted by Gasteiger charge is 2.16. The van der Waals surface area contributed by atoms with Gasteiger partial charge in [0.05, 0.1) is 9.09 Å². The average molecular weight is 351 g/mol. The molecule has 22 heavy (non-hydrogen) atoms. The van der Waals surface area contributed by atoms with Crippen LogP contribution in [0.15, 0.2) is 51.8 Å². The summed E-state index contributed by atoms with van der Waals surface area (Å²) in [5, 5.41) is 0.405. The molecule has 0 aliphatic carbocycles. The van der Waals surface area contributed by atoms with Crippen LogP contribution >= 0.6 is 34.7 Å². The Labute approximate surface area is 139 Å². The molecule has 3 heterocycles. The highest BCUT2D eigenvalue weighted by atomic mass is 35.5. The summed E-state index contributed by atoms with van der Waals surface area (Å²) in [6.45, 7) is 0. The van der Waals surface area contributed by atoms with Gasteiger partial charge in [0.15, 0.2) is 6.29 Å². The third-order valence-corrected chi connectivity index (χ3v) is 5.25. The number of carbonyl (C=O) groups is 1. The van der Waals surface area contributed by atoms with Crippen LogP contribution in [0.5, 0.6) is 0 Å². The molecule has 0 saturated heterocycles. The molecule has 110 valence electrons. The Kier molecular flexibility index (Phi) is 4.52. The zero-order valence-corrected chi connectivity index (χ0v) is 13.4. The number of hydrogen-bond donors (Lipinski definition) is 0. The van der Waals surface area contributed by atoms with E-state index in [2.05, 4.69) is 9.97 Å². The third kappa shape index (κ3) is 3.19. The van der Waals surface area contributed by atoms with E-state index in [-0.39, 0.29) is 0 Å². The Morgan fingerprint density at radius 1 is 1.23 bits per heavy atom. The molecule has 3 rings (SSSR count). The van der Waals surface area contributed by atoms with Gasteiger partial charge in [0.25, 0.3) is 0 Å². The van der Waals surface area contributed by atoms with Gasteiger partial charge in [-0.3, -0.25) is 4.79 Å². The van der Waals surface area contributed by atoms with Crippen LogP contribution in [-0.4, -0.2) is 16.3 Å². The second-order valence-corrected chi connectivity index (χ2v) is 7.04. The van der Waals surface area contributed by atoms with Gasteiger partial charge in [-0.15, -0.1) is 11.3 Å². The fraction of sp³-hybridized carbons (Fsp3) is 0. The first-order valence-corrected chi connectivity index (χ1v) is 8.18. The molecular formula is C15H8ClFN2OS2. The number of nitrogens with zero attached hydrogens (tertiary/aromatic N) is 2. The predicted molar refractivity (Wildman–Crippen MR) is 86.3 cm³/mol. The SMILES string of the molecule is O=Cc1cc(-c2cccnc2F)c(Sc2ccc(Cl)nc2)s1. The van der Waals surface area contributed by atoms with Crippen molar-refractivity contribution in [3.8, 4) is 11.1 Å². The quantitative estimate of drug-likeness (QED) is 0.492. The molecule has 0 unspecified atom stereocenters. The maximum absolute atomic E-state index is 13.9. The minimum absolute atomic E-state index is 0.372. The van der Waals surface area contributed by atoms with Crippen LogP contribution < -0.4 is 0 Å².